The molecule has 0 bridgehead atoms. The van der Waals surface area contributed by atoms with Gasteiger partial charge in [-0.15, -0.1) is 0 Å². The molecule has 0 aliphatic heterocycles. The second-order valence-corrected chi connectivity index (χ2v) is 4.62. The summed E-state index contributed by atoms with van der Waals surface area (Å²) in [6.45, 7) is 1.82. The van der Waals surface area contributed by atoms with Gasteiger partial charge in [-0.2, -0.15) is 0 Å². The number of nitrogens with one attached hydrogen (secondary N) is 1. The van der Waals surface area contributed by atoms with Gasteiger partial charge in [0.05, 0.1) is 5.02 Å². The third kappa shape index (κ3) is 2.69. The van der Waals surface area contributed by atoms with Crippen molar-refractivity contribution in [1.29, 1.82) is 0 Å². The van der Waals surface area contributed by atoms with E-state index in [1.165, 1.54) is 0 Å². The van der Waals surface area contributed by atoms with Crippen LogP contribution in [0.4, 0.5) is 4.39 Å². The summed E-state index contributed by atoms with van der Waals surface area (Å²) < 4.78 is 14.7. The summed E-state index contributed by atoms with van der Waals surface area (Å²) in [5, 5.41) is 3.41. The van der Waals surface area contributed by atoms with Gasteiger partial charge in [-0.1, -0.05) is 17.7 Å². The highest BCUT2D eigenvalue weighted by Crippen LogP contribution is 2.30. The first-order chi connectivity index (χ1) is 6.47. The molecule has 1 nitrogen and oxygen atoms in total. The van der Waals surface area contributed by atoms with Crippen LogP contribution in [0.1, 0.15) is 12.5 Å². The van der Waals surface area contributed by atoms with Gasteiger partial charge in [0.1, 0.15) is 5.67 Å². The minimum absolute atomic E-state index is 0.279. The summed E-state index contributed by atoms with van der Waals surface area (Å²) in [6.07, 6.45) is 0. The Labute approximate surface area is 96.8 Å². The van der Waals surface area contributed by atoms with Crippen LogP contribution in [-0.2, 0) is 5.67 Å². The number of hydrogen-bond acceptors (Lipinski definition) is 1. The normalized spacial score (nSPS) is 15.2. The molecule has 1 atom stereocenters. The van der Waals surface area contributed by atoms with Crippen LogP contribution in [-0.4, -0.2) is 13.6 Å². The molecule has 1 aromatic rings. The van der Waals surface area contributed by atoms with E-state index >= 15 is 0 Å². The summed E-state index contributed by atoms with van der Waals surface area (Å²) in [4.78, 5) is 0. The van der Waals surface area contributed by atoms with Crippen LogP contribution in [0.2, 0.25) is 5.02 Å². The Morgan fingerprint density at radius 1 is 1.57 bits per heavy atom. The lowest BCUT2D eigenvalue weighted by Crippen LogP contribution is -2.29. The Kier molecular flexibility index (Phi) is 3.93. The van der Waals surface area contributed by atoms with E-state index in [1.807, 2.05) is 0 Å². The molecule has 0 saturated heterocycles. The average molecular weight is 281 g/mol. The van der Waals surface area contributed by atoms with Crippen LogP contribution in [0.25, 0.3) is 0 Å². The molecule has 0 fully saturated rings. The number of likely N-dealkylation sites (N-methyl/N-ethyl adjacent to an activating group) is 1. The molecule has 1 unspecified atom stereocenters. The van der Waals surface area contributed by atoms with Gasteiger partial charge in [-0.3, -0.25) is 0 Å². The molecule has 1 N–H and O–H groups in total. The molecule has 0 aliphatic rings. The molecule has 14 heavy (non-hydrogen) atoms. The molecule has 0 aliphatic carbocycles. The summed E-state index contributed by atoms with van der Waals surface area (Å²) in [5.41, 5.74) is -0.759. The first-order valence-electron chi connectivity index (χ1n) is 4.26. The average Bonchev–Trinajstić information content (AvgIpc) is 2.09. The molecule has 0 heterocycles. The zero-order valence-corrected chi connectivity index (χ0v) is 10.4. The molecular weight excluding hydrogens is 268 g/mol. The molecule has 4 heteroatoms. The predicted molar refractivity (Wildman–Crippen MR) is 61.5 cm³/mol. The molecule has 78 valence electrons. The molecule has 0 radical (unpaired) electrons. The fourth-order valence-electron chi connectivity index (χ4n) is 1.25. The molecule has 0 amide bonds. The number of alkyl halides is 1. The van der Waals surface area contributed by atoms with E-state index in [2.05, 4.69) is 21.2 Å². The molecule has 0 spiro atoms. The Balaban J connectivity index is 3.01. The highest BCUT2D eigenvalue weighted by atomic mass is 79.9. The standard InChI is InChI=1S/C10H12BrClFN/c1-10(13,6-14-2)7-3-4-9(12)8(11)5-7/h3-5,14H,6H2,1-2H3. The second-order valence-electron chi connectivity index (χ2n) is 3.36. The lowest BCUT2D eigenvalue weighted by atomic mass is 9.98. The maximum absolute atomic E-state index is 14.0. The largest absolute Gasteiger partial charge is 0.316 e. The first-order valence-corrected chi connectivity index (χ1v) is 5.43. The minimum atomic E-state index is -1.37. The van der Waals surface area contributed by atoms with Crippen molar-refractivity contribution >= 4 is 27.5 Å². The van der Waals surface area contributed by atoms with Crippen LogP contribution >= 0.6 is 27.5 Å². The Bertz CT molecular complexity index is 328. The van der Waals surface area contributed by atoms with E-state index in [0.717, 1.165) is 4.47 Å². The maximum Gasteiger partial charge on any atom is 0.145 e. The quantitative estimate of drug-likeness (QED) is 0.893. The molecule has 0 saturated carbocycles. The van der Waals surface area contributed by atoms with Crippen LogP contribution in [0.15, 0.2) is 22.7 Å². The fourth-order valence-corrected chi connectivity index (χ4v) is 1.75. The number of rotatable bonds is 3. The lowest BCUT2D eigenvalue weighted by molar-refractivity contribution is 0.190. The van der Waals surface area contributed by atoms with E-state index in [0.29, 0.717) is 10.6 Å². The van der Waals surface area contributed by atoms with E-state index in [1.54, 1.807) is 32.2 Å². The molecule has 1 aromatic carbocycles. The van der Waals surface area contributed by atoms with Gasteiger partial charge in [0.2, 0.25) is 0 Å². The summed E-state index contributed by atoms with van der Waals surface area (Å²) in [7, 11) is 1.72. The molecular formula is C10H12BrClFN. The fraction of sp³-hybridized carbons (Fsp3) is 0.400. The van der Waals surface area contributed by atoms with Crippen LogP contribution in [0.5, 0.6) is 0 Å². The van der Waals surface area contributed by atoms with Gasteiger partial charge in [-0.05, 0) is 47.6 Å². The van der Waals surface area contributed by atoms with Gasteiger partial charge in [-0.25, -0.2) is 4.39 Å². The third-order valence-corrected chi connectivity index (χ3v) is 3.24. The monoisotopic (exact) mass is 279 g/mol. The lowest BCUT2D eigenvalue weighted by Gasteiger charge is -2.20. The zero-order valence-electron chi connectivity index (χ0n) is 8.07. The van der Waals surface area contributed by atoms with Crippen molar-refractivity contribution in [2.75, 3.05) is 13.6 Å². The number of halogens is 3. The van der Waals surface area contributed by atoms with E-state index < -0.39 is 5.67 Å². The SMILES string of the molecule is CNCC(C)(F)c1ccc(Cl)c(Br)c1. The second kappa shape index (κ2) is 4.60. The van der Waals surface area contributed by atoms with E-state index in [-0.39, 0.29) is 6.54 Å². The van der Waals surface area contributed by atoms with Crippen molar-refractivity contribution in [2.24, 2.45) is 0 Å². The Morgan fingerprint density at radius 2 is 2.21 bits per heavy atom. The van der Waals surface area contributed by atoms with E-state index in [4.69, 9.17) is 11.6 Å². The van der Waals surface area contributed by atoms with Crippen LogP contribution in [0.3, 0.4) is 0 Å². The van der Waals surface area contributed by atoms with Gasteiger partial charge in [0.25, 0.3) is 0 Å². The third-order valence-electron chi connectivity index (χ3n) is 2.03. The highest BCUT2D eigenvalue weighted by molar-refractivity contribution is 9.10. The zero-order chi connectivity index (χ0) is 10.8. The van der Waals surface area contributed by atoms with Crippen molar-refractivity contribution in [3.05, 3.63) is 33.3 Å². The maximum atomic E-state index is 14.0. The van der Waals surface area contributed by atoms with Crippen LogP contribution < -0.4 is 5.32 Å². The van der Waals surface area contributed by atoms with Gasteiger partial charge in [0, 0.05) is 11.0 Å². The number of hydrogen-bond donors (Lipinski definition) is 1. The predicted octanol–water partition coefficient (Wildman–Crippen LogP) is 3.51. The van der Waals surface area contributed by atoms with Gasteiger partial charge >= 0.3 is 0 Å². The first kappa shape index (κ1) is 12.0. The molecule has 0 aromatic heterocycles. The smallest absolute Gasteiger partial charge is 0.145 e. The van der Waals surface area contributed by atoms with Crippen molar-refractivity contribution in [3.63, 3.8) is 0 Å². The Hall–Kier alpha value is -0.120. The van der Waals surface area contributed by atoms with Crippen molar-refractivity contribution < 1.29 is 4.39 Å². The van der Waals surface area contributed by atoms with Crippen molar-refractivity contribution in [3.8, 4) is 0 Å². The summed E-state index contributed by atoms with van der Waals surface area (Å²) in [6, 6.07) is 5.10. The summed E-state index contributed by atoms with van der Waals surface area (Å²) >= 11 is 9.09. The van der Waals surface area contributed by atoms with E-state index in [9.17, 15) is 4.39 Å². The van der Waals surface area contributed by atoms with Gasteiger partial charge in [0.15, 0.2) is 0 Å². The van der Waals surface area contributed by atoms with Gasteiger partial charge < -0.3 is 5.32 Å². The van der Waals surface area contributed by atoms with Crippen molar-refractivity contribution in [1.82, 2.24) is 5.32 Å². The number of benzene rings is 1. The molecule has 1 rings (SSSR count). The highest BCUT2D eigenvalue weighted by Gasteiger charge is 2.25. The minimum Gasteiger partial charge on any atom is -0.316 e. The van der Waals surface area contributed by atoms with Crippen molar-refractivity contribution in [2.45, 2.75) is 12.6 Å². The Morgan fingerprint density at radius 3 is 2.71 bits per heavy atom. The topological polar surface area (TPSA) is 12.0 Å². The summed E-state index contributed by atoms with van der Waals surface area (Å²) in [5.74, 6) is 0. The van der Waals surface area contributed by atoms with Crippen LogP contribution in [0, 0.1) is 0 Å².